The predicted molar refractivity (Wildman–Crippen MR) is 74.0 cm³/mol. The highest BCUT2D eigenvalue weighted by atomic mass is 79.9. The van der Waals surface area contributed by atoms with Gasteiger partial charge < -0.3 is 5.73 Å². The van der Waals surface area contributed by atoms with Crippen molar-refractivity contribution in [2.75, 3.05) is 4.72 Å². The minimum Gasteiger partial charge on any atom is -0.389 e. The molecule has 19 heavy (non-hydrogen) atoms. The SMILES string of the molecule is Cn1nnc(Br)c1S(=O)(=O)Nc1[nH]ncc1C(N)=S. The number of sulfonamides is 1. The van der Waals surface area contributed by atoms with Crippen LogP contribution in [0.25, 0.3) is 0 Å². The third-order valence-corrected chi connectivity index (χ3v) is 4.59. The Hall–Kier alpha value is -1.53. The maximum Gasteiger partial charge on any atom is 0.283 e. The summed E-state index contributed by atoms with van der Waals surface area (Å²) in [5.74, 6) is 0.0839. The van der Waals surface area contributed by atoms with E-state index in [9.17, 15) is 8.42 Å². The zero-order valence-electron chi connectivity index (χ0n) is 9.45. The first kappa shape index (κ1) is 13.9. The number of halogens is 1. The Bertz CT molecular complexity index is 715. The summed E-state index contributed by atoms with van der Waals surface area (Å²) < 4.78 is 27.9. The van der Waals surface area contributed by atoms with E-state index in [0.717, 1.165) is 4.68 Å². The average molecular weight is 366 g/mol. The summed E-state index contributed by atoms with van der Waals surface area (Å²) in [4.78, 5) is 0.0219. The number of H-pyrrole nitrogens is 1. The lowest BCUT2D eigenvalue weighted by molar-refractivity contribution is 0.578. The summed E-state index contributed by atoms with van der Waals surface area (Å²) >= 11 is 7.80. The van der Waals surface area contributed by atoms with Crippen molar-refractivity contribution < 1.29 is 8.42 Å². The minimum atomic E-state index is -3.90. The maximum atomic E-state index is 12.2. The van der Waals surface area contributed by atoms with Crippen LogP contribution >= 0.6 is 28.1 Å². The molecule has 0 bridgehead atoms. The Kier molecular flexibility index (Phi) is 3.56. The molecule has 0 atom stereocenters. The molecule has 102 valence electrons. The number of hydrogen-bond acceptors (Lipinski definition) is 6. The van der Waals surface area contributed by atoms with Gasteiger partial charge in [-0.05, 0) is 15.9 Å². The van der Waals surface area contributed by atoms with Gasteiger partial charge in [0.15, 0.2) is 4.60 Å². The fourth-order valence-corrected chi connectivity index (χ4v) is 3.63. The molecular formula is C7H8BrN7O2S2. The molecule has 0 aliphatic carbocycles. The Balaban J connectivity index is 2.43. The van der Waals surface area contributed by atoms with E-state index in [2.05, 4.69) is 41.2 Å². The van der Waals surface area contributed by atoms with Crippen molar-refractivity contribution in [3.05, 3.63) is 16.4 Å². The highest BCUT2D eigenvalue weighted by molar-refractivity contribution is 9.10. The van der Waals surface area contributed by atoms with Gasteiger partial charge in [0.2, 0.25) is 5.03 Å². The molecule has 4 N–H and O–H groups in total. The molecule has 0 fully saturated rings. The predicted octanol–water partition coefficient (Wildman–Crippen LogP) is -0.264. The standard InChI is InChI=1S/C7H8BrN7O2S2/c1-15-7(4(8)11-14-15)19(16,17)13-6-3(5(9)18)2-10-12-6/h2H,1H3,(H2,9,18)(H2,10,12,13). The van der Waals surface area contributed by atoms with Gasteiger partial charge in [0.05, 0.1) is 11.8 Å². The van der Waals surface area contributed by atoms with E-state index in [0.29, 0.717) is 5.56 Å². The first-order valence-corrected chi connectivity index (χ1v) is 7.42. The van der Waals surface area contributed by atoms with Crippen LogP contribution in [0.4, 0.5) is 5.82 Å². The summed E-state index contributed by atoms with van der Waals surface area (Å²) in [5.41, 5.74) is 5.75. The molecule has 0 saturated carbocycles. The number of anilines is 1. The van der Waals surface area contributed by atoms with E-state index in [1.807, 2.05) is 0 Å². The van der Waals surface area contributed by atoms with Crippen LogP contribution in [0.3, 0.4) is 0 Å². The Morgan fingerprint density at radius 3 is 2.84 bits per heavy atom. The minimum absolute atomic E-state index is 0.0219. The van der Waals surface area contributed by atoms with E-state index >= 15 is 0 Å². The first-order valence-electron chi connectivity index (χ1n) is 4.74. The zero-order valence-corrected chi connectivity index (χ0v) is 12.7. The second-order valence-corrected chi connectivity index (χ2v) is 6.23. The third kappa shape index (κ3) is 2.59. The number of nitrogens with zero attached hydrogens (tertiary/aromatic N) is 4. The van der Waals surface area contributed by atoms with Crippen molar-refractivity contribution in [1.29, 1.82) is 0 Å². The van der Waals surface area contributed by atoms with Crippen LogP contribution in [0.5, 0.6) is 0 Å². The van der Waals surface area contributed by atoms with Gasteiger partial charge in [-0.15, -0.1) is 5.10 Å². The molecule has 2 aromatic heterocycles. The number of hydrogen-bond donors (Lipinski definition) is 3. The number of nitrogens with one attached hydrogen (secondary N) is 2. The lowest BCUT2D eigenvalue weighted by Crippen LogP contribution is -2.20. The van der Waals surface area contributed by atoms with Crippen LogP contribution in [-0.2, 0) is 17.1 Å². The van der Waals surface area contributed by atoms with Crippen molar-refractivity contribution in [3.8, 4) is 0 Å². The van der Waals surface area contributed by atoms with Gasteiger partial charge in [-0.2, -0.15) is 13.5 Å². The quantitative estimate of drug-likeness (QED) is 0.635. The largest absolute Gasteiger partial charge is 0.389 e. The van der Waals surface area contributed by atoms with E-state index in [1.54, 1.807) is 0 Å². The summed E-state index contributed by atoms with van der Waals surface area (Å²) in [6.45, 7) is 0. The van der Waals surface area contributed by atoms with Gasteiger partial charge in [-0.25, -0.2) is 4.68 Å². The smallest absolute Gasteiger partial charge is 0.283 e. The number of aromatic amines is 1. The van der Waals surface area contributed by atoms with Crippen molar-refractivity contribution >= 4 is 49.0 Å². The van der Waals surface area contributed by atoms with Crippen LogP contribution < -0.4 is 10.5 Å². The van der Waals surface area contributed by atoms with Gasteiger partial charge >= 0.3 is 0 Å². The van der Waals surface area contributed by atoms with Gasteiger partial charge in [0.1, 0.15) is 10.8 Å². The van der Waals surface area contributed by atoms with Crippen molar-refractivity contribution in [2.45, 2.75) is 5.03 Å². The van der Waals surface area contributed by atoms with E-state index < -0.39 is 10.0 Å². The monoisotopic (exact) mass is 365 g/mol. The van der Waals surface area contributed by atoms with Gasteiger partial charge in [-0.3, -0.25) is 9.82 Å². The molecule has 0 amide bonds. The molecule has 0 aliphatic heterocycles. The highest BCUT2D eigenvalue weighted by Crippen LogP contribution is 2.21. The number of thiocarbonyl (C=S) groups is 1. The van der Waals surface area contributed by atoms with Crippen LogP contribution in [-0.4, -0.2) is 38.6 Å². The maximum absolute atomic E-state index is 12.2. The topological polar surface area (TPSA) is 132 Å². The molecule has 0 unspecified atom stereocenters. The number of aromatic nitrogens is 5. The molecule has 0 saturated heterocycles. The summed E-state index contributed by atoms with van der Waals surface area (Å²) in [6, 6.07) is 0. The van der Waals surface area contributed by atoms with Crippen LogP contribution in [0, 0.1) is 0 Å². The zero-order chi connectivity index (χ0) is 14.2. The van der Waals surface area contributed by atoms with Gasteiger partial charge in [-0.1, -0.05) is 17.4 Å². The molecule has 2 rings (SSSR count). The number of nitrogens with two attached hydrogens (primary N) is 1. The van der Waals surface area contributed by atoms with E-state index in [-0.39, 0.29) is 20.4 Å². The number of aryl methyl sites for hydroxylation is 1. The molecule has 0 aliphatic rings. The average Bonchev–Trinajstić information content (AvgIpc) is 2.85. The van der Waals surface area contributed by atoms with E-state index in [1.165, 1.54) is 13.2 Å². The van der Waals surface area contributed by atoms with Crippen LogP contribution in [0.2, 0.25) is 0 Å². The Morgan fingerprint density at radius 2 is 2.32 bits per heavy atom. The Labute approximate surface area is 121 Å². The molecular weight excluding hydrogens is 358 g/mol. The van der Waals surface area contributed by atoms with Crippen molar-refractivity contribution in [2.24, 2.45) is 12.8 Å². The first-order chi connectivity index (χ1) is 8.83. The second kappa shape index (κ2) is 4.86. The number of rotatable bonds is 4. The summed E-state index contributed by atoms with van der Waals surface area (Å²) in [5, 5.41) is 13.2. The van der Waals surface area contributed by atoms with Gasteiger partial charge in [0.25, 0.3) is 10.0 Å². The van der Waals surface area contributed by atoms with Crippen LogP contribution in [0.15, 0.2) is 15.8 Å². The van der Waals surface area contributed by atoms with Crippen molar-refractivity contribution in [3.63, 3.8) is 0 Å². The van der Waals surface area contributed by atoms with Crippen molar-refractivity contribution in [1.82, 2.24) is 25.2 Å². The second-order valence-electron chi connectivity index (χ2n) is 3.44. The summed E-state index contributed by atoms with van der Waals surface area (Å²) in [6.07, 6.45) is 1.33. The molecule has 12 heteroatoms. The van der Waals surface area contributed by atoms with Crippen LogP contribution in [0.1, 0.15) is 5.56 Å². The third-order valence-electron chi connectivity index (χ3n) is 2.13. The molecule has 0 spiro atoms. The normalized spacial score (nSPS) is 11.5. The summed E-state index contributed by atoms with van der Waals surface area (Å²) in [7, 11) is -2.45. The molecule has 2 heterocycles. The highest BCUT2D eigenvalue weighted by Gasteiger charge is 2.25. The lowest BCUT2D eigenvalue weighted by Gasteiger charge is -2.07. The molecule has 0 radical (unpaired) electrons. The molecule has 2 aromatic rings. The van der Waals surface area contributed by atoms with Gasteiger partial charge in [0, 0.05) is 7.05 Å². The fraction of sp³-hybridized carbons (Fsp3) is 0.143. The Morgan fingerprint density at radius 1 is 1.63 bits per heavy atom. The fourth-order valence-electron chi connectivity index (χ4n) is 1.34. The molecule has 0 aromatic carbocycles. The lowest BCUT2D eigenvalue weighted by atomic mass is 10.3. The molecule has 9 nitrogen and oxygen atoms in total. The van der Waals surface area contributed by atoms with E-state index in [4.69, 9.17) is 18.0 Å².